The van der Waals surface area contributed by atoms with Gasteiger partial charge in [-0.05, 0) is 13.8 Å². The van der Waals surface area contributed by atoms with Gasteiger partial charge in [-0.25, -0.2) is 0 Å². The summed E-state index contributed by atoms with van der Waals surface area (Å²) in [7, 11) is 0. The Bertz CT molecular complexity index is 91.2. The maximum atomic E-state index is 2.00. The van der Waals surface area contributed by atoms with Crippen molar-refractivity contribution in [2.24, 2.45) is 0 Å². The fraction of sp³-hybridized carbons (Fsp3) is 0.250. The molecule has 8 heavy (non-hydrogen) atoms. The average Bonchev–Trinajstić information content (AvgIpc) is 1.81. The summed E-state index contributed by atoms with van der Waals surface area (Å²) in [6.45, 7) is 4.00. The standard InChI is InChI=1S/C8H12/c1-3-5-7-8-6-4-2/h3-8H,1-2H3/b5-3-,6-4?,8-7+. The molecule has 0 fully saturated rings. The van der Waals surface area contributed by atoms with E-state index < -0.39 is 0 Å². The van der Waals surface area contributed by atoms with E-state index in [2.05, 4.69) is 0 Å². The lowest BCUT2D eigenvalue weighted by Crippen LogP contribution is -1.46. The smallest absolute Gasteiger partial charge is 0.0467 e. The molecule has 0 amide bonds. The minimum absolute atomic E-state index is 2.00. The van der Waals surface area contributed by atoms with E-state index in [0.717, 1.165) is 0 Å². The molecular weight excluding hydrogens is 96.1 g/mol. The third-order valence-corrected chi connectivity index (χ3v) is 0.718. The van der Waals surface area contributed by atoms with Crippen molar-refractivity contribution in [1.29, 1.82) is 0 Å². The average molecular weight is 108 g/mol. The van der Waals surface area contributed by atoms with Crippen molar-refractivity contribution >= 4 is 0 Å². The third-order valence-electron chi connectivity index (χ3n) is 0.718. The highest BCUT2D eigenvalue weighted by molar-refractivity contribution is 5.09. The summed E-state index contributed by atoms with van der Waals surface area (Å²) in [5, 5.41) is 0. The van der Waals surface area contributed by atoms with Gasteiger partial charge in [0, 0.05) is 0 Å². The molecule has 0 unspecified atom stereocenters. The van der Waals surface area contributed by atoms with Crippen LogP contribution in [-0.2, 0) is 0 Å². The highest BCUT2D eigenvalue weighted by Crippen LogP contribution is 1.77. The normalized spacial score (nSPS) is 12.8. The Morgan fingerprint density at radius 3 is 1.25 bits per heavy atom. The second-order valence-electron chi connectivity index (χ2n) is 1.44. The molecule has 0 aromatic rings. The van der Waals surface area contributed by atoms with Gasteiger partial charge in [0.15, 0.2) is 0 Å². The Balaban J connectivity index is 3.35. The van der Waals surface area contributed by atoms with E-state index in [-0.39, 0.29) is 0 Å². The first kappa shape index (κ1) is 7.22. The van der Waals surface area contributed by atoms with Crippen LogP contribution in [0.5, 0.6) is 0 Å². The summed E-state index contributed by atoms with van der Waals surface area (Å²) in [6, 6.07) is 0. The van der Waals surface area contributed by atoms with Gasteiger partial charge < -0.3 is 0 Å². The van der Waals surface area contributed by atoms with E-state index in [0.29, 0.717) is 0 Å². The zero-order valence-corrected chi connectivity index (χ0v) is 5.46. The zero-order chi connectivity index (χ0) is 6.24. The van der Waals surface area contributed by atoms with Gasteiger partial charge in [-0.15, -0.1) is 0 Å². The molecule has 0 spiro atoms. The molecular formula is C8H12. The SMILES string of the molecule is CC=C/C=C/C=C\C. The number of rotatable bonds is 2. The molecule has 0 aliphatic heterocycles. The lowest BCUT2D eigenvalue weighted by atomic mass is 10.4. The van der Waals surface area contributed by atoms with Gasteiger partial charge in [0.05, 0.1) is 0 Å². The summed E-state index contributed by atoms with van der Waals surface area (Å²) in [5.74, 6) is 0. The predicted molar refractivity (Wildman–Crippen MR) is 38.8 cm³/mol. The number of hydrogen-bond acceptors (Lipinski definition) is 0. The molecule has 0 heterocycles. The Kier molecular flexibility index (Phi) is 5.61. The van der Waals surface area contributed by atoms with Crippen molar-refractivity contribution in [3.05, 3.63) is 36.5 Å². The van der Waals surface area contributed by atoms with Crippen molar-refractivity contribution in [2.45, 2.75) is 13.8 Å². The lowest BCUT2D eigenvalue weighted by molar-refractivity contribution is 1.71. The molecule has 0 radical (unpaired) electrons. The topological polar surface area (TPSA) is 0 Å². The van der Waals surface area contributed by atoms with E-state index in [1.54, 1.807) is 0 Å². The van der Waals surface area contributed by atoms with Crippen molar-refractivity contribution in [3.63, 3.8) is 0 Å². The number of allylic oxidation sites excluding steroid dienone is 6. The summed E-state index contributed by atoms with van der Waals surface area (Å²) in [6.07, 6.45) is 12.0. The van der Waals surface area contributed by atoms with Crippen LogP contribution in [0.15, 0.2) is 36.5 Å². The summed E-state index contributed by atoms with van der Waals surface area (Å²) in [5.41, 5.74) is 0. The molecule has 0 N–H and O–H groups in total. The van der Waals surface area contributed by atoms with E-state index >= 15 is 0 Å². The molecule has 0 rings (SSSR count). The first-order chi connectivity index (χ1) is 3.91. The summed E-state index contributed by atoms with van der Waals surface area (Å²) in [4.78, 5) is 0. The van der Waals surface area contributed by atoms with Gasteiger partial charge in [-0.2, -0.15) is 0 Å². The molecule has 0 nitrogen and oxygen atoms in total. The van der Waals surface area contributed by atoms with Crippen LogP contribution in [0, 0.1) is 0 Å². The lowest BCUT2D eigenvalue weighted by Gasteiger charge is -1.68. The third kappa shape index (κ3) is 5.22. The second kappa shape index (κ2) is 6.22. The first-order valence-electron chi connectivity index (χ1n) is 2.82. The van der Waals surface area contributed by atoms with Gasteiger partial charge in [-0.3, -0.25) is 0 Å². The van der Waals surface area contributed by atoms with Crippen LogP contribution in [0.3, 0.4) is 0 Å². The fourth-order valence-corrected chi connectivity index (χ4v) is 0.351. The quantitative estimate of drug-likeness (QED) is 0.477. The van der Waals surface area contributed by atoms with Gasteiger partial charge in [0.25, 0.3) is 0 Å². The summed E-state index contributed by atoms with van der Waals surface area (Å²) < 4.78 is 0. The molecule has 0 aliphatic carbocycles. The van der Waals surface area contributed by atoms with Crippen molar-refractivity contribution in [2.75, 3.05) is 0 Å². The maximum Gasteiger partial charge on any atom is -0.0467 e. The summed E-state index contributed by atoms with van der Waals surface area (Å²) >= 11 is 0. The van der Waals surface area contributed by atoms with Crippen molar-refractivity contribution in [1.82, 2.24) is 0 Å². The molecule has 44 valence electrons. The zero-order valence-electron chi connectivity index (χ0n) is 5.46. The molecule has 0 atom stereocenters. The van der Waals surface area contributed by atoms with Crippen LogP contribution >= 0.6 is 0 Å². The van der Waals surface area contributed by atoms with Gasteiger partial charge >= 0.3 is 0 Å². The van der Waals surface area contributed by atoms with Crippen LogP contribution < -0.4 is 0 Å². The van der Waals surface area contributed by atoms with E-state index in [1.165, 1.54) is 0 Å². The van der Waals surface area contributed by atoms with Gasteiger partial charge in [0.2, 0.25) is 0 Å². The minimum atomic E-state index is 2.00. The Labute approximate surface area is 51.2 Å². The fourth-order valence-electron chi connectivity index (χ4n) is 0.351. The minimum Gasteiger partial charge on any atom is -0.0877 e. The van der Waals surface area contributed by atoms with E-state index in [1.807, 2.05) is 50.3 Å². The highest BCUT2D eigenvalue weighted by atomic mass is 13.6. The van der Waals surface area contributed by atoms with Gasteiger partial charge in [0.1, 0.15) is 0 Å². The second-order valence-corrected chi connectivity index (χ2v) is 1.44. The first-order valence-corrected chi connectivity index (χ1v) is 2.82. The number of hydrogen-bond donors (Lipinski definition) is 0. The Morgan fingerprint density at radius 1 is 0.625 bits per heavy atom. The molecule has 0 heteroatoms. The van der Waals surface area contributed by atoms with Crippen molar-refractivity contribution in [3.8, 4) is 0 Å². The largest absolute Gasteiger partial charge is 0.0877 e. The molecule has 0 aliphatic rings. The van der Waals surface area contributed by atoms with E-state index in [9.17, 15) is 0 Å². The molecule has 0 saturated heterocycles. The predicted octanol–water partition coefficient (Wildman–Crippen LogP) is 2.69. The van der Waals surface area contributed by atoms with Crippen LogP contribution in [0.4, 0.5) is 0 Å². The van der Waals surface area contributed by atoms with Crippen LogP contribution in [0.2, 0.25) is 0 Å². The molecule has 0 aromatic carbocycles. The van der Waals surface area contributed by atoms with Crippen LogP contribution in [0.25, 0.3) is 0 Å². The van der Waals surface area contributed by atoms with Gasteiger partial charge in [-0.1, -0.05) is 36.5 Å². The highest BCUT2D eigenvalue weighted by Gasteiger charge is 1.55. The maximum absolute atomic E-state index is 2.00. The van der Waals surface area contributed by atoms with Crippen LogP contribution in [0.1, 0.15) is 13.8 Å². The molecule has 0 aromatic heterocycles. The Morgan fingerprint density at radius 2 is 1.00 bits per heavy atom. The van der Waals surface area contributed by atoms with Crippen molar-refractivity contribution < 1.29 is 0 Å². The molecule has 0 bridgehead atoms. The monoisotopic (exact) mass is 108 g/mol. The van der Waals surface area contributed by atoms with Crippen LogP contribution in [-0.4, -0.2) is 0 Å². The Hall–Kier alpha value is -0.780. The molecule has 0 saturated carbocycles. The van der Waals surface area contributed by atoms with E-state index in [4.69, 9.17) is 0 Å².